The van der Waals surface area contributed by atoms with Gasteiger partial charge < -0.3 is 5.32 Å². The van der Waals surface area contributed by atoms with Crippen molar-refractivity contribution >= 4 is 38.3 Å². The Hall–Kier alpha value is -2.05. The average Bonchev–Trinajstić information content (AvgIpc) is 3.08. The lowest BCUT2D eigenvalue weighted by Crippen LogP contribution is -2.16. The molecule has 1 amide bonds. The second-order valence-electron chi connectivity index (χ2n) is 5.57. The first-order valence-electron chi connectivity index (χ1n) is 8.04. The van der Waals surface area contributed by atoms with E-state index in [1.165, 1.54) is 11.3 Å². The molecule has 1 aromatic heterocycles. The van der Waals surface area contributed by atoms with Gasteiger partial charge in [0.2, 0.25) is 11.0 Å². The van der Waals surface area contributed by atoms with Crippen molar-refractivity contribution in [2.75, 3.05) is 10.6 Å². The summed E-state index contributed by atoms with van der Waals surface area (Å²) >= 11 is 4.80. The van der Waals surface area contributed by atoms with E-state index in [9.17, 15) is 4.79 Å². The minimum Gasteiger partial charge on any atom is -0.300 e. The normalized spacial score (nSPS) is 10.8. The zero-order valence-corrected chi connectivity index (χ0v) is 16.0. The van der Waals surface area contributed by atoms with Crippen LogP contribution < -0.4 is 5.32 Å². The summed E-state index contributed by atoms with van der Waals surface area (Å²) in [7, 11) is 0. The summed E-state index contributed by atoms with van der Waals surface area (Å²) in [5, 5.41) is 13.3. The molecule has 0 atom stereocenters. The van der Waals surface area contributed by atoms with Crippen molar-refractivity contribution < 1.29 is 4.79 Å². The lowest BCUT2D eigenvalue weighted by molar-refractivity contribution is -0.116. The molecule has 0 aliphatic carbocycles. The van der Waals surface area contributed by atoms with E-state index in [0.717, 1.165) is 27.9 Å². The van der Waals surface area contributed by atoms with Crippen LogP contribution in [0.5, 0.6) is 0 Å². The summed E-state index contributed by atoms with van der Waals surface area (Å²) in [5.74, 6) is -0.0448. The minimum absolute atomic E-state index is 0.0114. The third-order valence-electron chi connectivity index (χ3n) is 3.81. The molecule has 3 rings (SSSR count). The third-order valence-corrected chi connectivity index (χ3v) is 5.11. The van der Waals surface area contributed by atoms with Crippen molar-refractivity contribution in [1.29, 1.82) is 0 Å². The summed E-state index contributed by atoms with van der Waals surface area (Å²) in [6.45, 7) is 0. The summed E-state index contributed by atoms with van der Waals surface area (Å²) in [6, 6.07) is 20.2. The number of carbonyl (C=O) groups is 1. The van der Waals surface area contributed by atoms with Gasteiger partial charge in [0, 0.05) is 24.1 Å². The van der Waals surface area contributed by atoms with Crippen LogP contribution in [-0.2, 0) is 11.2 Å². The number of carbonyl (C=O) groups excluding carboxylic acids is 1. The van der Waals surface area contributed by atoms with E-state index < -0.39 is 0 Å². The Morgan fingerprint density at radius 1 is 1.00 bits per heavy atom. The maximum absolute atomic E-state index is 12.6. The summed E-state index contributed by atoms with van der Waals surface area (Å²) in [5.41, 5.74) is 2.25. The molecule has 25 heavy (non-hydrogen) atoms. The number of nitrogens with zero attached hydrogens (tertiary/aromatic N) is 2. The van der Waals surface area contributed by atoms with Crippen molar-refractivity contribution in [3.63, 3.8) is 0 Å². The van der Waals surface area contributed by atoms with Gasteiger partial charge in [-0.25, -0.2) is 0 Å². The highest BCUT2D eigenvalue weighted by atomic mass is 79.9. The van der Waals surface area contributed by atoms with Gasteiger partial charge in [-0.1, -0.05) is 87.9 Å². The number of nitrogens with one attached hydrogen (secondary N) is 1. The topological polar surface area (TPSA) is 54.9 Å². The first-order valence-corrected chi connectivity index (χ1v) is 9.98. The van der Waals surface area contributed by atoms with Crippen molar-refractivity contribution in [3.05, 3.63) is 76.8 Å². The standard InChI is InChI=1S/C19H18BrN3OS/c20-12-11-18-22-23-19(25-18)21-17(24)13-16(14-7-3-1-4-8-14)15-9-5-2-6-10-15/h1-10,16H,11-13H2,(H,21,23,24). The van der Waals surface area contributed by atoms with Gasteiger partial charge in [-0.05, 0) is 11.1 Å². The molecule has 2 aromatic carbocycles. The van der Waals surface area contributed by atoms with Crippen LogP contribution in [-0.4, -0.2) is 21.4 Å². The number of aryl methyl sites for hydroxylation is 1. The molecule has 0 aliphatic heterocycles. The van der Waals surface area contributed by atoms with Crippen molar-refractivity contribution in [1.82, 2.24) is 10.2 Å². The highest BCUT2D eigenvalue weighted by Crippen LogP contribution is 2.28. The predicted octanol–water partition coefficient (Wildman–Crippen LogP) is 4.64. The SMILES string of the molecule is O=C(CC(c1ccccc1)c1ccccc1)Nc1nnc(CCBr)s1. The fourth-order valence-electron chi connectivity index (χ4n) is 2.64. The first kappa shape index (κ1) is 17.8. The van der Waals surface area contributed by atoms with Gasteiger partial charge in [-0.2, -0.15) is 0 Å². The second-order valence-corrected chi connectivity index (χ2v) is 7.42. The minimum atomic E-state index is -0.0563. The number of hydrogen-bond donors (Lipinski definition) is 1. The summed E-state index contributed by atoms with van der Waals surface area (Å²) in [4.78, 5) is 12.6. The van der Waals surface area contributed by atoms with Crippen molar-refractivity contribution in [3.8, 4) is 0 Å². The van der Waals surface area contributed by atoms with Crippen molar-refractivity contribution in [2.45, 2.75) is 18.8 Å². The Balaban J connectivity index is 1.74. The Morgan fingerprint density at radius 2 is 1.60 bits per heavy atom. The quantitative estimate of drug-likeness (QED) is 0.571. The van der Waals surface area contributed by atoms with E-state index in [1.54, 1.807) is 0 Å². The molecule has 1 N–H and O–H groups in total. The lowest BCUT2D eigenvalue weighted by atomic mass is 9.88. The van der Waals surface area contributed by atoms with Gasteiger partial charge in [-0.15, -0.1) is 10.2 Å². The molecule has 128 valence electrons. The number of rotatable bonds is 7. The number of anilines is 1. The van der Waals surface area contributed by atoms with Crippen LogP contribution in [0.3, 0.4) is 0 Å². The molecular formula is C19H18BrN3OS. The van der Waals surface area contributed by atoms with E-state index in [2.05, 4.69) is 55.7 Å². The Labute approximate surface area is 159 Å². The number of hydrogen-bond acceptors (Lipinski definition) is 4. The Morgan fingerprint density at radius 3 is 2.16 bits per heavy atom. The molecule has 0 spiro atoms. The highest BCUT2D eigenvalue weighted by molar-refractivity contribution is 9.09. The molecule has 1 heterocycles. The van der Waals surface area contributed by atoms with E-state index in [1.807, 2.05) is 36.4 Å². The molecule has 0 bridgehead atoms. The summed E-state index contributed by atoms with van der Waals surface area (Å²) in [6.07, 6.45) is 1.17. The number of alkyl halides is 1. The average molecular weight is 416 g/mol. The zero-order chi connectivity index (χ0) is 17.5. The van der Waals surface area contributed by atoms with Crippen LogP contribution in [0.2, 0.25) is 0 Å². The molecule has 3 aromatic rings. The van der Waals surface area contributed by atoms with E-state index >= 15 is 0 Å². The lowest BCUT2D eigenvalue weighted by Gasteiger charge is -2.17. The van der Waals surface area contributed by atoms with E-state index in [-0.39, 0.29) is 11.8 Å². The van der Waals surface area contributed by atoms with Gasteiger partial charge in [-0.3, -0.25) is 4.79 Å². The predicted molar refractivity (Wildman–Crippen MR) is 105 cm³/mol. The molecule has 0 aliphatic rings. The molecule has 6 heteroatoms. The summed E-state index contributed by atoms with van der Waals surface area (Å²) < 4.78 is 0. The number of aromatic nitrogens is 2. The molecule has 0 radical (unpaired) electrons. The molecule has 0 fully saturated rings. The Kier molecular flexibility index (Phi) is 6.30. The monoisotopic (exact) mass is 415 g/mol. The maximum atomic E-state index is 12.6. The third kappa shape index (κ3) is 4.96. The van der Waals surface area contributed by atoms with Crippen LogP contribution in [0.25, 0.3) is 0 Å². The number of amides is 1. The van der Waals surface area contributed by atoms with Crippen LogP contribution in [0.15, 0.2) is 60.7 Å². The molecular weight excluding hydrogens is 398 g/mol. The largest absolute Gasteiger partial charge is 0.300 e. The van der Waals surface area contributed by atoms with Crippen LogP contribution in [0.1, 0.15) is 28.5 Å². The van der Waals surface area contributed by atoms with Gasteiger partial charge in [0.15, 0.2) is 0 Å². The molecule has 0 unspecified atom stereocenters. The fourth-order valence-corrected chi connectivity index (χ4v) is 4.03. The van der Waals surface area contributed by atoms with Gasteiger partial charge in [0.25, 0.3) is 0 Å². The molecule has 0 saturated carbocycles. The molecule has 0 saturated heterocycles. The van der Waals surface area contributed by atoms with Crippen LogP contribution >= 0.6 is 27.3 Å². The van der Waals surface area contributed by atoms with Gasteiger partial charge in [0.05, 0.1) is 0 Å². The number of halogens is 1. The van der Waals surface area contributed by atoms with Crippen LogP contribution in [0, 0.1) is 0 Å². The van der Waals surface area contributed by atoms with Gasteiger partial charge in [0.1, 0.15) is 5.01 Å². The van der Waals surface area contributed by atoms with Crippen molar-refractivity contribution in [2.24, 2.45) is 0 Å². The fraction of sp³-hybridized carbons (Fsp3) is 0.211. The maximum Gasteiger partial charge on any atom is 0.227 e. The molecule has 4 nitrogen and oxygen atoms in total. The van der Waals surface area contributed by atoms with E-state index in [4.69, 9.17) is 0 Å². The first-order chi connectivity index (χ1) is 12.3. The van der Waals surface area contributed by atoms with E-state index in [0.29, 0.717) is 11.6 Å². The van der Waals surface area contributed by atoms with Crippen LogP contribution in [0.4, 0.5) is 5.13 Å². The number of benzene rings is 2. The highest BCUT2D eigenvalue weighted by Gasteiger charge is 2.19. The second kappa shape index (κ2) is 8.87. The van der Waals surface area contributed by atoms with Gasteiger partial charge >= 0.3 is 0 Å². The Bertz CT molecular complexity index is 768. The smallest absolute Gasteiger partial charge is 0.227 e. The zero-order valence-electron chi connectivity index (χ0n) is 13.6.